The van der Waals surface area contributed by atoms with Crippen molar-refractivity contribution in [2.45, 2.75) is 76.5 Å². The first-order valence-corrected chi connectivity index (χ1v) is 8.56. The molecule has 1 aromatic carbocycles. The van der Waals surface area contributed by atoms with Gasteiger partial charge in [-0.05, 0) is 36.5 Å². The second kappa shape index (κ2) is 9.45. The van der Waals surface area contributed by atoms with Crippen molar-refractivity contribution >= 4 is 0 Å². The second-order valence-electron chi connectivity index (χ2n) is 6.22. The Kier molecular flexibility index (Phi) is 7.15. The van der Waals surface area contributed by atoms with Gasteiger partial charge in [0.1, 0.15) is 5.75 Å². The van der Waals surface area contributed by atoms with E-state index in [2.05, 4.69) is 12.1 Å². The van der Waals surface area contributed by atoms with Crippen LogP contribution in [0.4, 0.5) is 0 Å². The van der Waals surface area contributed by atoms with Crippen LogP contribution in [0.25, 0.3) is 0 Å². The van der Waals surface area contributed by atoms with Gasteiger partial charge in [-0.25, -0.2) is 0 Å². The van der Waals surface area contributed by atoms with E-state index in [0.717, 1.165) is 0 Å². The van der Waals surface area contributed by atoms with Crippen LogP contribution in [-0.2, 0) is 0 Å². The van der Waals surface area contributed by atoms with Crippen molar-refractivity contribution in [1.82, 2.24) is 0 Å². The van der Waals surface area contributed by atoms with E-state index in [1.165, 1.54) is 76.2 Å². The Balaban J connectivity index is 1.94. The maximum Gasteiger partial charge on any atom is 0.292 e. The summed E-state index contributed by atoms with van der Waals surface area (Å²) in [5.41, 5.74) is 1.41. The van der Waals surface area contributed by atoms with E-state index in [0.29, 0.717) is 11.7 Å². The quantitative estimate of drug-likeness (QED) is 0.630. The van der Waals surface area contributed by atoms with Gasteiger partial charge in [0.15, 0.2) is 0 Å². The van der Waals surface area contributed by atoms with Crippen LogP contribution in [0.5, 0.6) is 5.75 Å². The molecule has 2 rings (SSSR count). The lowest BCUT2D eigenvalue weighted by atomic mass is 9.87. The zero-order chi connectivity index (χ0) is 14.8. The summed E-state index contributed by atoms with van der Waals surface area (Å²) in [6.07, 6.45) is 16.9. The monoisotopic (exact) mass is 285 g/mol. The number of ether oxygens (including phenoxy) is 1. The molecular formula is C19H27NO. The maximum atomic E-state index is 8.54. The van der Waals surface area contributed by atoms with Crippen LogP contribution in [0.1, 0.15) is 82.1 Å². The van der Waals surface area contributed by atoms with Gasteiger partial charge < -0.3 is 4.74 Å². The smallest absolute Gasteiger partial charge is 0.292 e. The van der Waals surface area contributed by atoms with Gasteiger partial charge >= 0.3 is 0 Å². The minimum Gasteiger partial charge on any atom is -0.388 e. The number of rotatable bonds is 2. The molecule has 0 unspecified atom stereocenters. The Bertz CT molecular complexity index is 420. The zero-order valence-electron chi connectivity index (χ0n) is 13.0. The zero-order valence-corrected chi connectivity index (χ0v) is 13.0. The van der Waals surface area contributed by atoms with Gasteiger partial charge in [0, 0.05) is 0 Å². The fourth-order valence-corrected chi connectivity index (χ4v) is 3.36. The Morgan fingerprint density at radius 2 is 1.24 bits per heavy atom. The molecule has 0 N–H and O–H groups in total. The highest BCUT2D eigenvalue weighted by molar-refractivity contribution is 5.30. The highest BCUT2D eigenvalue weighted by Gasteiger charge is 2.12. The standard InChI is InChI=1S/C19H27NO/c20-16-21-19-14-12-18(13-15-19)17-10-8-6-4-2-1-3-5-7-9-11-17/h12-15,17H,1-11H2. The van der Waals surface area contributed by atoms with Crippen LogP contribution in [0.2, 0.25) is 0 Å². The van der Waals surface area contributed by atoms with Gasteiger partial charge in [-0.1, -0.05) is 69.9 Å². The fraction of sp³-hybridized carbons (Fsp3) is 0.632. The molecule has 0 aromatic heterocycles. The lowest BCUT2D eigenvalue weighted by Crippen LogP contribution is -2.00. The number of nitriles is 1. The molecule has 0 atom stereocenters. The molecule has 1 fully saturated rings. The Morgan fingerprint density at radius 3 is 1.71 bits per heavy atom. The molecule has 0 aliphatic heterocycles. The van der Waals surface area contributed by atoms with Gasteiger partial charge in [-0.2, -0.15) is 0 Å². The topological polar surface area (TPSA) is 33.0 Å². The van der Waals surface area contributed by atoms with Crippen LogP contribution in [0.3, 0.4) is 0 Å². The Hall–Kier alpha value is -1.49. The van der Waals surface area contributed by atoms with Gasteiger partial charge in [0.25, 0.3) is 6.26 Å². The Labute approximate surface area is 129 Å². The van der Waals surface area contributed by atoms with Gasteiger partial charge in [-0.3, -0.25) is 0 Å². The van der Waals surface area contributed by atoms with E-state index >= 15 is 0 Å². The van der Waals surface area contributed by atoms with Crippen LogP contribution in [0.15, 0.2) is 24.3 Å². The van der Waals surface area contributed by atoms with Crippen LogP contribution in [-0.4, -0.2) is 0 Å². The molecule has 1 saturated carbocycles. The highest BCUT2D eigenvalue weighted by atomic mass is 16.5. The molecule has 0 spiro atoms. The molecule has 1 aliphatic carbocycles. The minimum atomic E-state index is 0.648. The van der Waals surface area contributed by atoms with Crippen molar-refractivity contribution < 1.29 is 4.74 Å². The predicted molar refractivity (Wildman–Crippen MR) is 86.2 cm³/mol. The molecular weight excluding hydrogens is 258 g/mol. The molecule has 114 valence electrons. The van der Waals surface area contributed by atoms with Crippen molar-refractivity contribution in [2.75, 3.05) is 0 Å². The lowest BCUT2D eigenvalue weighted by Gasteiger charge is -2.18. The van der Waals surface area contributed by atoms with Gasteiger partial charge in [-0.15, -0.1) is 5.26 Å². The highest BCUT2D eigenvalue weighted by Crippen LogP contribution is 2.30. The maximum absolute atomic E-state index is 8.54. The lowest BCUT2D eigenvalue weighted by molar-refractivity contribution is 0.466. The number of nitrogens with zero attached hydrogens (tertiary/aromatic N) is 1. The molecule has 0 saturated heterocycles. The average Bonchev–Trinajstić information content (AvgIpc) is 2.49. The summed E-state index contributed by atoms with van der Waals surface area (Å²) < 4.78 is 4.87. The minimum absolute atomic E-state index is 0.648. The van der Waals surface area contributed by atoms with E-state index in [1.807, 2.05) is 12.1 Å². The molecule has 2 heteroatoms. The van der Waals surface area contributed by atoms with Crippen molar-refractivity contribution in [3.8, 4) is 12.0 Å². The van der Waals surface area contributed by atoms with Crippen molar-refractivity contribution in [1.29, 1.82) is 5.26 Å². The Morgan fingerprint density at radius 1 is 0.762 bits per heavy atom. The summed E-state index contributed by atoms with van der Waals surface area (Å²) in [5.74, 6) is 1.33. The molecule has 0 heterocycles. The molecule has 21 heavy (non-hydrogen) atoms. The molecule has 0 bridgehead atoms. The van der Waals surface area contributed by atoms with E-state index in [9.17, 15) is 0 Å². The van der Waals surface area contributed by atoms with Crippen molar-refractivity contribution in [3.05, 3.63) is 29.8 Å². The van der Waals surface area contributed by atoms with Gasteiger partial charge in [0.05, 0.1) is 0 Å². The van der Waals surface area contributed by atoms with E-state index in [-0.39, 0.29) is 0 Å². The first kappa shape index (κ1) is 15.9. The number of benzene rings is 1. The molecule has 2 nitrogen and oxygen atoms in total. The summed E-state index contributed by atoms with van der Waals surface area (Å²) in [6.45, 7) is 0. The summed E-state index contributed by atoms with van der Waals surface area (Å²) in [7, 11) is 0. The summed E-state index contributed by atoms with van der Waals surface area (Å²) in [6, 6.07) is 8.13. The molecule has 0 amide bonds. The fourth-order valence-electron chi connectivity index (χ4n) is 3.36. The molecule has 1 aromatic rings. The molecule has 1 aliphatic rings. The largest absolute Gasteiger partial charge is 0.388 e. The summed E-state index contributed by atoms with van der Waals surface area (Å²) >= 11 is 0. The van der Waals surface area contributed by atoms with Crippen molar-refractivity contribution in [3.63, 3.8) is 0 Å². The SMILES string of the molecule is N#COc1ccc(C2CCCCCCCCCCC2)cc1. The summed E-state index contributed by atoms with van der Waals surface area (Å²) in [5, 5.41) is 8.54. The number of hydrogen-bond acceptors (Lipinski definition) is 2. The third-order valence-corrected chi connectivity index (χ3v) is 4.62. The van der Waals surface area contributed by atoms with Crippen LogP contribution in [0, 0.1) is 11.5 Å². The number of hydrogen-bond donors (Lipinski definition) is 0. The van der Waals surface area contributed by atoms with Crippen molar-refractivity contribution in [2.24, 2.45) is 0 Å². The van der Waals surface area contributed by atoms with Gasteiger partial charge in [0.2, 0.25) is 0 Å². The molecule has 0 radical (unpaired) electrons. The normalized spacial score (nSPS) is 19.0. The predicted octanol–water partition coefficient (Wildman–Crippen LogP) is 5.93. The average molecular weight is 285 g/mol. The first-order chi connectivity index (χ1) is 10.4. The van der Waals surface area contributed by atoms with E-state index in [1.54, 1.807) is 6.26 Å². The van der Waals surface area contributed by atoms with Crippen LogP contribution >= 0.6 is 0 Å². The first-order valence-electron chi connectivity index (χ1n) is 8.56. The summed E-state index contributed by atoms with van der Waals surface area (Å²) in [4.78, 5) is 0. The van der Waals surface area contributed by atoms with E-state index < -0.39 is 0 Å². The third kappa shape index (κ3) is 5.79. The second-order valence-corrected chi connectivity index (χ2v) is 6.22. The third-order valence-electron chi connectivity index (χ3n) is 4.62. The van der Waals surface area contributed by atoms with E-state index in [4.69, 9.17) is 10.00 Å². The van der Waals surface area contributed by atoms with Crippen LogP contribution < -0.4 is 4.74 Å².